The molecule has 10 heteroatoms. The summed E-state index contributed by atoms with van der Waals surface area (Å²) in [5.74, 6) is 1.67. The second-order valence-corrected chi connectivity index (χ2v) is 9.46. The molecule has 0 spiro atoms. The summed E-state index contributed by atoms with van der Waals surface area (Å²) in [5, 5.41) is 2.85. The number of carbonyl (C=O) groups is 1. The van der Waals surface area contributed by atoms with E-state index in [0.717, 1.165) is 17.9 Å². The van der Waals surface area contributed by atoms with E-state index < -0.39 is 10.0 Å². The molecule has 0 radical (unpaired) electrons. The fourth-order valence-electron chi connectivity index (χ4n) is 2.64. The topological polar surface area (TPSA) is 108 Å². The lowest BCUT2D eigenvalue weighted by atomic mass is 10.0. The molecule has 1 fully saturated rings. The number of amides is 1. The molecule has 1 unspecified atom stereocenters. The van der Waals surface area contributed by atoms with E-state index in [-0.39, 0.29) is 34.9 Å². The summed E-state index contributed by atoms with van der Waals surface area (Å²) < 4.78 is 26.7. The number of nitrogens with one attached hydrogen (secondary N) is 2. The van der Waals surface area contributed by atoms with Gasteiger partial charge in [0.1, 0.15) is 10.6 Å². The Morgan fingerprint density at radius 2 is 2.04 bits per heavy atom. The average Bonchev–Trinajstić information content (AvgIpc) is 3.05. The summed E-state index contributed by atoms with van der Waals surface area (Å²) in [5.41, 5.74) is 5.93. The first-order chi connectivity index (χ1) is 11.3. The lowest BCUT2D eigenvalue weighted by Crippen LogP contribution is -2.41. The Balaban J connectivity index is 0.00000312. The molecule has 2 heterocycles. The van der Waals surface area contributed by atoms with Crippen LogP contribution in [0.5, 0.6) is 0 Å². The van der Waals surface area contributed by atoms with Gasteiger partial charge in [0.25, 0.3) is 5.91 Å². The number of rotatable bonds is 7. The fraction of sp³-hybridized carbons (Fsp3) is 0.667. The predicted octanol–water partition coefficient (Wildman–Crippen LogP) is 1.28. The van der Waals surface area contributed by atoms with Crippen LogP contribution in [0.3, 0.4) is 0 Å². The highest BCUT2D eigenvalue weighted by Crippen LogP contribution is 2.21. The molecule has 1 aromatic heterocycles. The number of nitrogens with zero attached hydrogens (tertiary/aromatic N) is 1. The van der Waals surface area contributed by atoms with Crippen molar-refractivity contribution in [2.45, 2.75) is 31.2 Å². The third kappa shape index (κ3) is 5.89. The molecule has 25 heavy (non-hydrogen) atoms. The average molecular weight is 411 g/mol. The maximum Gasteiger partial charge on any atom is 0.267 e. The van der Waals surface area contributed by atoms with Gasteiger partial charge in [0.2, 0.25) is 10.0 Å². The first-order valence-electron chi connectivity index (χ1n) is 8.12. The van der Waals surface area contributed by atoms with Gasteiger partial charge in [-0.15, -0.1) is 12.4 Å². The summed E-state index contributed by atoms with van der Waals surface area (Å²) in [6.45, 7) is 5.48. The molecular formula is C15H27ClN4O3S2. The van der Waals surface area contributed by atoms with Crippen LogP contribution in [-0.2, 0) is 10.0 Å². The van der Waals surface area contributed by atoms with Gasteiger partial charge < -0.3 is 16.0 Å². The lowest BCUT2D eigenvalue weighted by Gasteiger charge is -2.24. The Bertz CT molecular complexity index is 657. The van der Waals surface area contributed by atoms with E-state index in [1.165, 1.54) is 16.6 Å². The molecule has 0 saturated carbocycles. The largest absolute Gasteiger partial charge is 0.356 e. The number of carbonyl (C=O) groups excluding carboxylic acids is 1. The number of halogens is 1. The van der Waals surface area contributed by atoms with E-state index in [2.05, 4.69) is 24.1 Å². The first kappa shape index (κ1) is 22.3. The molecule has 1 aromatic rings. The molecule has 7 nitrogen and oxygen atoms in total. The van der Waals surface area contributed by atoms with Crippen molar-refractivity contribution in [3.05, 3.63) is 18.0 Å². The van der Waals surface area contributed by atoms with Crippen molar-refractivity contribution in [3.8, 4) is 0 Å². The van der Waals surface area contributed by atoms with Crippen molar-refractivity contribution in [3.63, 3.8) is 0 Å². The summed E-state index contributed by atoms with van der Waals surface area (Å²) >= 11 is 1.74. The van der Waals surface area contributed by atoms with Crippen LogP contribution in [0.25, 0.3) is 0 Å². The number of nitrogens with two attached hydrogens (primary N) is 1. The van der Waals surface area contributed by atoms with E-state index in [1.54, 1.807) is 11.8 Å². The fourth-order valence-corrected chi connectivity index (χ4v) is 5.21. The Kier molecular flexibility index (Phi) is 8.76. The summed E-state index contributed by atoms with van der Waals surface area (Å²) in [4.78, 5) is 15.2. The molecule has 0 aliphatic carbocycles. The number of thioether (sulfide) groups is 1. The Hall–Kier alpha value is -0.740. The maximum absolute atomic E-state index is 12.6. The third-order valence-corrected chi connectivity index (χ3v) is 6.70. The molecule has 4 N–H and O–H groups in total. The highest BCUT2D eigenvalue weighted by atomic mass is 35.5. The molecule has 1 saturated heterocycles. The quantitative estimate of drug-likeness (QED) is 0.627. The van der Waals surface area contributed by atoms with Crippen LogP contribution in [-0.4, -0.2) is 60.8 Å². The van der Waals surface area contributed by atoms with Gasteiger partial charge in [-0.1, -0.05) is 13.8 Å². The zero-order chi connectivity index (χ0) is 17.7. The van der Waals surface area contributed by atoms with E-state index in [0.29, 0.717) is 25.6 Å². The summed E-state index contributed by atoms with van der Waals surface area (Å²) in [6.07, 6.45) is 2.16. The number of hydrogen-bond donors (Lipinski definition) is 3. The summed E-state index contributed by atoms with van der Waals surface area (Å²) in [7, 11) is -3.54. The lowest BCUT2D eigenvalue weighted by molar-refractivity contribution is 0.0929. The number of aromatic nitrogens is 1. The molecule has 0 aromatic carbocycles. The SMILES string of the molecule is CC(C)CC(CN)NC(=O)c1cc(S(=O)(=O)N2CCSCC2)c[nH]1.Cl. The molecule has 144 valence electrons. The predicted molar refractivity (Wildman–Crippen MR) is 104 cm³/mol. The maximum atomic E-state index is 12.6. The third-order valence-electron chi connectivity index (χ3n) is 3.88. The van der Waals surface area contributed by atoms with Crippen molar-refractivity contribution in [2.24, 2.45) is 11.7 Å². The second-order valence-electron chi connectivity index (χ2n) is 6.30. The molecule has 1 atom stereocenters. The minimum absolute atomic E-state index is 0. The van der Waals surface area contributed by atoms with Crippen LogP contribution in [0.2, 0.25) is 0 Å². The van der Waals surface area contributed by atoms with Crippen LogP contribution in [0, 0.1) is 5.92 Å². The zero-order valence-electron chi connectivity index (χ0n) is 14.5. The number of H-pyrrole nitrogens is 1. The smallest absolute Gasteiger partial charge is 0.267 e. The first-order valence-corrected chi connectivity index (χ1v) is 10.7. The number of sulfonamides is 1. The Morgan fingerprint density at radius 3 is 2.60 bits per heavy atom. The highest BCUT2D eigenvalue weighted by molar-refractivity contribution is 7.99. The molecule has 1 aliphatic rings. The van der Waals surface area contributed by atoms with Gasteiger partial charge in [0, 0.05) is 43.4 Å². The van der Waals surface area contributed by atoms with E-state index >= 15 is 0 Å². The van der Waals surface area contributed by atoms with E-state index in [4.69, 9.17) is 5.73 Å². The molecule has 1 aliphatic heterocycles. The van der Waals surface area contributed by atoms with Crippen molar-refractivity contribution in [2.75, 3.05) is 31.1 Å². The van der Waals surface area contributed by atoms with E-state index in [1.807, 2.05) is 0 Å². The van der Waals surface area contributed by atoms with Gasteiger partial charge in [-0.2, -0.15) is 16.1 Å². The van der Waals surface area contributed by atoms with Gasteiger partial charge in [-0.3, -0.25) is 4.79 Å². The van der Waals surface area contributed by atoms with Gasteiger partial charge >= 0.3 is 0 Å². The van der Waals surface area contributed by atoms with Gasteiger partial charge in [0.15, 0.2) is 0 Å². The minimum Gasteiger partial charge on any atom is -0.356 e. The van der Waals surface area contributed by atoms with Crippen molar-refractivity contribution in [1.82, 2.24) is 14.6 Å². The monoisotopic (exact) mass is 410 g/mol. The second kappa shape index (κ2) is 9.82. The summed E-state index contributed by atoms with van der Waals surface area (Å²) in [6, 6.07) is 1.27. The van der Waals surface area contributed by atoms with Gasteiger partial charge in [0.05, 0.1) is 0 Å². The van der Waals surface area contributed by atoms with E-state index in [9.17, 15) is 13.2 Å². The van der Waals surface area contributed by atoms with Crippen molar-refractivity contribution >= 4 is 40.1 Å². The Labute approximate surface area is 159 Å². The van der Waals surface area contributed by atoms with Gasteiger partial charge in [-0.25, -0.2) is 8.42 Å². The van der Waals surface area contributed by atoms with Crippen molar-refractivity contribution in [1.29, 1.82) is 0 Å². The van der Waals surface area contributed by atoms with Crippen LogP contribution in [0.1, 0.15) is 30.8 Å². The Morgan fingerprint density at radius 1 is 1.40 bits per heavy atom. The highest BCUT2D eigenvalue weighted by Gasteiger charge is 2.28. The molecule has 2 rings (SSSR count). The molecular weight excluding hydrogens is 384 g/mol. The number of hydrogen-bond acceptors (Lipinski definition) is 5. The van der Waals surface area contributed by atoms with Gasteiger partial charge in [-0.05, 0) is 18.4 Å². The minimum atomic E-state index is -3.54. The standard InChI is InChI=1S/C15H26N4O3S2.ClH/c1-11(2)7-12(9-16)18-15(20)14-8-13(10-17-14)24(21,22)19-3-5-23-6-4-19;/h8,10-12,17H,3-7,9,16H2,1-2H3,(H,18,20);1H. The molecule has 1 amide bonds. The van der Waals surface area contributed by atoms with Crippen LogP contribution < -0.4 is 11.1 Å². The van der Waals surface area contributed by atoms with Crippen LogP contribution in [0.4, 0.5) is 0 Å². The normalized spacial score (nSPS) is 17.1. The van der Waals surface area contributed by atoms with Crippen LogP contribution >= 0.6 is 24.2 Å². The molecule has 0 bridgehead atoms. The number of aromatic amines is 1. The van der Waals surface area contributed by atoms with Crippen molar-refractivity contribution < 1.29 is 13.2 Å². The van der Waals surface area contributed by atoms with Crippen LogP contribution in [0.15, 0.2) is 17.2 Å². The zero-order valence-corrected chi connectivity index (χ0v) is 17.0.